The Morgan fingerprint density at radius 1 is 1.11 bits per heavy atom. The van der Waals surface area contributed by atoms with Crippen LogP contribution in [0, 0.1) is 0 Å². The molecular weight excluding hydrogens is 218 g/mol. The molecule has 18 heavy (non-hydrogen) atoms. The maximum atomic E-state index is 3.54. The van der Waals surface area contributed by atoms with Crippen LogP contribution in [-0.4, -0.2) is 12.6 Å². The zero-order valence-corrected chi connectivity index (χ0v) is 11.9. The second-order valence-electron chi connectivity index (χ2n) is 4.97. The smallest absolute Gasteiger partial charge is 0.0140 e. The lowest BCUT2D eigenvalue weighted by Crippen LogP contribution is -2.25. The van der Waals surface area contributed by atoms with Gasteiger partial charge in [-0.2, -0.15) is 0 Å². The molecule has 1 nitrogen and oxygen atoms in total. The minimum Gasteiger partial charge on any atom is -0.311 e. The van der Waals surface area contributed by atoms with Crippen molar-refractivity contribution in [3.8, 4) is 0 Å². The summed E-state index contributed by atoms with van der Waals surface area (Å²) in [6, 6.07) is 11.1. The average molecular weight is 245 g/mol. The van der Waals surface area contributed by atoms with Crippen molar-refractivity contribution >= 4 is 6.08 Å². The van der Waals surface area contributed by atoms with Crippen molar-refractivity contribution in [2.45, 2.75) is 52.0 Å². The topological polar surface area (TPSA) is 12.0 Å². The van der Waals surface area contributed by atoms with E-state index in [2.05, 4.69) is 55.6 Å². The fourth-order valence-corrected chi connectivity index (χ4v) is 2.01. The molecule has 0 aliphatic carbocycles. The summed E-state index contributed by atoms with van der Waals surface area (Å²) in [6.45, 7) is 5.50. The molecule has 100 valence electrons. The van der Waals surface area contributed by atoms with E-state index in [4.69, 9.17) is 0 Å². The highest BCUT2D eigenvalue weighted by Gasteiger charge is 1.98. The molecule has 0 aliphatic heterocycles. The number of nitrogens with one attached hydrogen (secondary N) is 1. The summed E-state index contributed by atoms with van der Waals surface area (Å²) < 4.78 is 0. The van der Waals surface area contributed by atoms with Crippen LogP contribution in [0.15, 0.2) is 36.4 Å². The molecule has 0 amide bonds. The highest BCUT2D eigenvalue weighted by atomic mass is 14.9. The van der Waals surface area contributed by atoms with E-state index in [1.54, 1.807) is 0 Å². The minimum atomic E-state index is 0.627. The summed E-state index contributed by atoms with van der Waals surface area (Å²) in [5, 5.41) is 3.54. The molecule has 0 saturated heterocycles. The lowest BCUT2D eigenvalue weighted by atomic mass is 10.1. The molecule has 0 aliphatic rings. The molecule has 0 fully saturated rings. The first-order chi connectivity index (χ1) is 8.83. The Morgan fingerprint density at radius 3 is 2.61 bits per heavy atom. The van der Waals surface area contributed by atoms with Crippen LogP contribution >= 0.6 is 0 Å². The first-order valence-electron chi connectivity index (χ1n) is 7.28. The van der Waals surface area contributed by atoms with Crippen LogP contribution in [0.5, 0.6) is 0 Å². The van der Waals surface area contributed by atoms with Gasteiger partial charge in [-0.1, -0.05) is 75.1 Å². The first-order valence-corrected chi connectivity index (χ1v) is 7.28. The quantitative estimate of drug-likeness (QED) is 0.624. The number of benzene rings is 1. The summed E-state index contributed by atoms with van der Waals surface area (Å²) in [6.07, 6.45) is 11.1. The molecule has 1 N–H and O–H groups in total. The normalized spacial score (nSPS) is 13.0. The van der Waals surface area contributed by atoms with Crippen molar-refractivity contribution in [1.82, 2.24) is 5.32 Å². The summed E-state index contributed by atoms with van der Waals surface area (Å²) in [7, 11) is 0. The van der Waals surface area contributed by atoms with Gasteiger partial charge in [0.2, 0.25) is 0 Å². The molecule has 0 heterocycles. The van der Waals surface area contributed by atoms with Gasteiger partial charge >= 0.3 is 0 Å². The van der Waals surface area contributed by atoms with Crippen LogP contribution < -0.4 is 5.32 Å². The van der Waals surface area contributed by atoms with E-state index in [-0.39, 0.29) is 0 Å². The average Bonchev–Trinajstić information content (AvgIpc) is 2.41. The predicted molar refractivity (Wildman–Crippen MR) is 81.7 cm³/mol. The van der Waals surface area contributed by atoms with Gasteiger partial charge in [0.25, 0.3) is 0 Å². The zero-order chi connectivity index (χ0) is 13.1. The lowest BCUT2D eigenvalue weighted by Gasteiger charge is -2.11. The maximum absolute atomic E-state index is 3.54. The third-order valence-electron chi connectivity index (χ3n) is 3.18. The van der Waals surface area contributed by atoms with E-state index in [0.717, 1.165) is 6.54 Å². The maximum Gasteiger partial charge on any atom is 0.0140 e. The van der Waals surface area contributed by atoms with E-state index >= 15 is 0 Å². The SMILES string of the molecule is CCCCCCC(C)NCC=Cc1ccccc1. The van der Waals surface area contributed by atoms with Crippen LogP contribution in [0.25, 0.3) is 6.08 Å². The van der Waals surface area contributed by atoms with Crippen molar-refractivity contribution in [1.29, 1.82) is 0 Å². The van der Waals surface area contributed by atoms with E-state index < -0.39 is 0 Å². The van der Waals surface area contributed by atoms with Gasteiger partial charge in [0.1, 0.15) is 0 Å². The molecule has 1 aromatic carbocycles. The largest absolute Gasteiger partial charge is 0.311 e. The van der Waals surface area contributed by atoms with E-state index in [0.29, 0.717) is 6.04 Å². The standard InChI is InChI=1S/C17H27N/c1-3-4-5-7-11-16(2)18-15-10-14-17-12-8-6-9-13-17/h6,8-10,12-14,16,18H,3-5,7,11,15H2,1-2H3. The van der Waals surface area contributed by atoms with Gasteiger partial charge in [-0.3, -0.25) is 0 Å². The highest BCUT2D eigenvalue weighted by Crippen LogP contribution is 2.05. The van der Waals surface area contributed by atoms with Crippen molar-refractivity contribution < 1.29 is 0 Å². The Kier molecular flexibility index (Phi) is 8.24. The van der Waals surface area contributed by atoms with Gasteiger partial charge in [-0.25, -0.2) is 0 Å². The third-order valence-corrected chi connectivity index (χ3v) is 3.18. The lowest BCUT2D eigenvalue weighted by molar-refractivity contribution is 0.503. The van der Waals surface area contributed by atoms with Crippen molar-refractivity contribution in [3.05, 3.63) is 42.0 Å². The molecule has 1 rings (SSSR count). The van der Waals surface area contributed by atoms with E-state index in [1.807, 2.05) is 6.07 Å². The molecule has 0 bridgehead atoms. The number of hydrogen-bond acceptors (Lipinski definition) is 1. The molecule has 1 aromatic rings. The van der Waals surface area contributed by atoms with Crippen LogP contribution in [0.2, 0.25) is 0 Å². The van der Waals surface area contributed by atoms with Gasteiger partial charge in [0.15, 0.2) is 0 Å². The Hall–Kier alpha value is -1.08. The predicted octanol–water partition coefficient (Wildman–Crippen LogP) is 4.65. The zero-order valence-electron chi connectivity index (χ0n) is 11.9. The third kappa shape index (κ3) is 7.29. The van der Waals surface area contributed by atoms with Crippen molar-refractivity contribution in [2.24, 2.45) is 0 Å². The Balaban J connectivity index is 2.08. The number of rotatable bonds is 9. The number of unbranched alkanes of at least 4 members (excludes halogenated alkanes) is 3. The molecule has 1 atom stereocenters. The van der Waals surface area contributed by atoms with Crippen LogP contribution in [-0.2, 0) is 0 Å². The molecule has 0 spiro atoms. The molecular formula is C17H27N. The van der Waals surface area contributed by atoms with E-state index in [1.165, 1.54) is 37.7 Å². The fraction of sp³-hybridized carbons (Fsp3) is 0.529. The van der Waals surface area contributed by atoms with Crippen molar-refractivity contribution in [3.63, 3.8) is 0 Å². The number of hydrogen-bond donors (Lipinski definition) is 1. The summed E-state index contributed by atoms with van der Waals surface area (Å²) in [5.74, 6) is 0. The Morgan fingerprint density at radius 2 is 1.89 bits per heavy atom. The molecule has 0 saturated carbocycles. The summed E-state index contributed by atoms with van der Waals surface area (Å²) >= 11 is 0. The van der Waals surface area contributed by atoms with Crippen LogP contribution in [0.1, 0.15) is 51.5 Å². The van der Waals surface area contributed by atoms with Gasteiger partial charge in [0.05, 0.1) is 0 Å². The van der Waals surface area contributed by atoms with Gasteiger partial charge < -0.3 is 5.32 Å². The molecule has 1 heteroatoms. The van der Waals surface area contributed by atoms with Crippen LogP contribution in [0.3, 0.4) is 0 Å². The van der Waals surface area contributed by atoms with Crippen LogP contribution in [0.4, 0.5) is 0 Å². The molecule has 1 unspecified atom stereocenters. The van der Waals surface area contributed by atoms with E-state index in [9.17, 15) is 0 Å². The highest BCUT2D eigenvalue weighted by molar-refractivity contribution is 5.48. The second-order valence-corrected chi connectivity index (χ2v) is 4.97. The summed E-state index contributed by atoms with van der Waals surface area (Å²) in [5.41, 5.74) is 1.27. The van der Waals surface area contributed by atoms with Gasteiger partial charge in [0, 0.05) is 12.6 Å². The van der Waals surface area contributed by atoms with Crippen molar-refractivity contribution in [2.75, 3.05) is 6.54 Å². The monoisotopic (exact) mass is 245 g/mol. The minimum absolute atomic E-state index is 0.627. The molecule has 0 aromatic heterocycles. The first kappa shape index (κ1) is 15.0. The second kappa shape index (κ2) is 9.90. The Labute approximate surface area is 112 Å². The fourth-order valence-electron chi connectivity index (χ4n) is 2.01. The summed E-state index contributed by atoms with van der Waals surface area (Å²) in [4.78, 5) is 0. The molecule has 0 radical (unpaired) electrons. The van der Waals surface area contributed by atoms with Gasteiger partial charge in [-0.05, 0) is 18.9 Å². The van der Waals surface area contributed by atoms with Gasteiger partial charge in [-0.15, -0.1) is 0 Å². The Bertz CT molecular complexity index is 316.